The minimum atomic E-state index is -0.762. The van der Waals surface area contributed by atoms with Gasteiger partial charge < -0.3 is 15.0 Å². The van der Waals surface area contributed by atoms with Crippen molar-refractivity contribution < 1.29 is 14.3 Å². The number of carbonyl (C=O) groups excluding carboxylic acids is 2. The Morgan fingerprint density at radius 3 is 2.45 bits per heavy atom. The molecule has 2 aliphatic rings. The van der Waals surface area contributed by atoms with Gasteiger partial charge in [-0.05, 0) is 44.4 Å². The number of morpholine rings is 1. The summed E-state index contributed by atoms with van der Waals surface area (Å²) in [6.07, 6.45) is 4.52. The lowest BCUT2D eigenvalue weighted by Crippen LogP contribution is -2.60. The standard InChI is InChI=1S/C23H35N3O3/c1-3-26(4-2)22(28)23(11-6-5-7-12-23)24-21(27)20-10-8-9-19(17-20)18-25-13-15-29-16-14-25/h8-10,17H,3-7,11-16,18H2,1-2H3,(H,24,27). The summed E-state index contributed by atoms with van der Waals surface area (Å²) < 4.78 is 5.41. The van der Waals surface area contributed by atoms with Crippen molar-refractivity contribution in [1.82, 2.24) is 15.1 Å². The van der Waals surface area contributed by atoms with E-state index in [2.05, 4.69) is 16.3 Å². The van der Waals surface area contributed by atoms with Gasteiger partial charge >= 0.3 is 0 Å². The zero-order valence-corrected chi connectivity index (χ0v) is 17.9. The first-order chi connectivity index (χ1) is 14.1. The molecule has 1 aliphatic carbocycles. The number of rotatable bonds is 7. The summed E-state index contributed by atoms with van der Waals surface area (Å²) in [4.78, 5) is 30.6. The molecule has 0 atom stereocenters. The lowest BCUT2D eigenvalue weighted by molar-refractivity contribution is -0.139. The van der Waals surface area contributed by atoms with E-state index in [0.717, 1.165) is 70.5 Å². The summed E-state index contributed by atoms with van der Waals surface area (Å²) >= 11 is 0. The maximum Gasteiger partial charge on any atom is 0.252 e. The molecule has 0 aromatic heterocycles. The summed E-state index contributed by atoms with van der Waals surface area (Å²) in [5.74, 6) is -0.0729. The lowest BCUT2D eigenvalue weighted by atomic mass is 9.80. The van der Waals surface area contributed by atoms with Crippen molar-refractivity contribution in [3.05, 3.63) is 35.4 Å². The quantitative estimate of drug-likeness (QED) is 0.763. The van der Waals surface area contributed by atoms with Crippen LogP contribution in [-0.2, 0) is 16.1 Å². The minimum Gasteiger partial charge on any atom is -0.379 e. The fourth-order valence-electron chi connectivity index (χ4n) is 4.48. The summed E-state index contributed by atoms with van der Waals surface area (Å²) in [7, 11) is 0. The van der Waals surface area contributed by atoms with Gasteiger partial charge in [0.15, 0.2) is 0 Å². The minimum absolute atomic E-state index is 0.0695. The highest BCUT2D eigenvalue weighted by atomic mass is 16.5. The Morgan fingerprint density at radius 1 is 1.10 bits per heavy atom. The van der Waals surface area contributed by atoms with Gasteiger partial charge in [-0.15, -0.1) is 0 Å². The van der Waals surface area contributed by atoms with E-state index in [1.165, 1.54) is 0 Å². The van der Waals surface area contributed by atoms with Gasteiger partial charge in [-0.25, -0.2) is 0 Å². The van der Waals surface area contributed by atoms with Crippen molar-refractivity contribution in [2.45, 2.75) is 58.0 Å². The monoisotopic (exact) mass is 401 g/mol. The van der Waals surface area contributed by atoms with Crippen LogP contribution in [0, 0.1) is 0 Å². The topological polar surface area (TPSA) is 61.9 Å². The number of hydrogen-bond acceptors (Lipinski definition) is 4. The van der Waals surface area contributed by atoms with Gasteiger partial charge in [0, 0.05) is 38.3 Å². The Bertz CT molecular complexity index is 690. The molecule has 6 heteroatoms. The number of benzene rings is 1. The molecule has 6 nitrogen and oxygen atoms in total. The smallest absolute Gasteiger partial charge is 0.252 e. The van der Waals surface area contributed by atoms with E-state index in [1.807, 2.05) is 36.9 Å². The van der Waals surface area contributed by atoms with Gasteiger partial charge in [0.1, 0.15) is 5.54 Å². The third-order valence-corrected chi connectivity index (χ3v) is 6.22. The second-order valence-electron chi connectivity index (χ2n) is 8.16. The van der Waals surface area contributed by atoms with Gasteiger partial charge in [-0.3, -0.25) is 14.5 Å². The fraction of sp³-hybridized carbons (Fsp3) is 0.652. The first kappa shape index (κ1) is 21.8. The third-order valence-electron chi connectivity index (χ3n) is 6.22. The van der Waals surface area contributed by atoms with Crippen molar-refractivity contribution in [2.75, 3.05) is 39.4 Å². The fourth-order valence-corrected chi connectivity index (χ4v) is 4.48. The van der Waals surface area contributed by atoms with Crippen LogP contribution < -0.4 is 5.32 Å². The number of ether oxygens (including phenoxy) is 1. The molecule has 1 aliphatic heterocycles. The van der Waals surface area contributed by atoms with Crippen molar-refractivity contribution >= 4 is 11.8 Å². The summed E-state index contributed by atoms with van der Waals surface area (Å²) in [5, 5.41) is 3.16. The number of nitrogens with one attached hydrogen (secondary N) is 1. The molecule has 1 aromatic carbocycles. The SMILES string of the molecule is CCN(CC)C(=O)C1(NC(=O)c2cccc(CN3CCOCC3)c2)CCCCC1. The number of amides is 2. The van der Waals surface area contributed by atoms with Crippen LogP contribution in [0.15, 0.2) is 24.3 Å². The molecule has 3 rings (SSSR count). The number of carbonyl (C=O) groups is 2. The van der Waals surface area contributed by atoms with Crippen LogP contribution in [-0.4, -0.2) is 66.5 Å². The van der Waals surface area contributed by atoms with Crippen LogP contribution in [0.5, 0.6) is 0 Å². The number of likely N-dealkylation sites (N-methyl/N-ethyl adjacent to an activating group) is 1. The Morgan fingerprint density at radius 2 is 1.79 bits per heavy atom. The highest BCUT2D eigenvalue weighted by Gasteiger charge is 2.42. The molecule has 160 valence electrons. The Kier molecular flexibility index (Phi) is 7.67. The molecule has 2 fully saturated rings. The normalized spacial score (nSPS) is 19.5. The van der Waals surface area contributed by atoms with Crippen molar-refractivity contribution in [2.24, 2.45) is 0 Å². The molecule has 1 saturated carbocycles. The van der Waals surface area contributed by atoms with E-state index in [1.54, 1.807) is 0 Å². The van der Waals surface area contributed by atoms with E-state index in [0.29, 0.717) is 18.7 Å². The first-order valence-electron chi connectivity index (χ1n) is 11.1. The molecule has 1 N–H and O–H groups in total. The Balaban J connectivity index is 1.74. The largest absolute Gasteiger partial charge is 0.379 e. The van der Waals surface area contributed by atoms with E-state index in [-0.39, 0.29) is 11.8 Å². The van der Waals surface area contributed by atoms with E-state index in [4.69, 9.17) is 4.74 Å². The molecular weight excluding hydrogens is 366 g/mol. The number of hydrogen-bond donors (Lipinski definition) is 1. The second-order valence-corrected chi connectivity index (χ2v) is 8.16. The molecule has 1 saturated heterocycles. The Labute approximate surface area is 174 Å². The zero-order valence-electron chi connectivity index (χ0n) is 17.9. The lowest BCUT2D eigenvalue weighted by Gasteiger charge is -2.40. The summed E-state index contributed by atoms with van der Waals surface area (Å²) in [5.41, 5.74) is 0.988. The molecule has 1 aromatic rings. The van der Waals surface area contributed by atoms with Gasteiger partial charge in [0.25, 0.3) is 5.91 Å². The highest BCUT2D eigenvalue weighted by molar-refractivity contribution is 5.99. The third kappa shape index (κ3) is 5.37. The average Bonchev–Trinajstić information content (AvgIpc) is 2.76. The van der Waals surface area contributed by atoms with Crippen LogP contribution in [0.4, 0.5) is 0 Å². The van der Waals surface area contributed by atoms with E-state index >= 15 is 0 Å². The van der Waals surface area contributed by atoms with Crippen LogP contribution in [0.25, 0.3) is 0 Å². The van der Waals surface area contributed by atoms with Gasteiger partial charge in [-0.2, -0.15) is 0 Å². The van der Waals surface area contributed by atoms with Crippen LogP contribution in [0.3, 0.4) is 0 Å². The molecule has 0 bridgehead atoms. The van der Waals surface area contributed by atoms with Crippen LogP contribution in [0.1, 0.15) is 61.9 Å². The van der Waals surface area contributed by atoms with Gasteiger partial charge in [0.05, 0.1) is 13.2 Å². The number of nitrogens with zero attached hydrogens (tertiary/aromatic N) is 2. The zero-order chi connectivity index (χ0) is 20.7. The Hall–Kier alpha value is -1.92. The summed E-state index contributed by atoms with van der Waals surface area (Å²) in [6, 6.07) is 7.80. The summed E-state index contributed by atoms with van der Waals surface area (Å²) in [6.45, 7) is 9.49. The molecule has 1 heterocycles. The molecule has 0 radical (unpaired) electrons. The maximum atomic E-state index is 13.3. The molecule has 0 unspecified atom stereocenters. The van der Waals surface area contributed by atoms with E-state index in [9.17, 15) is 9.59 Å². The van der Waals surface area contributed by atoms with Crippen LogP contribution >= 0.6 is 0 Å². The highest BCUT2D eigenvalue weighted by Crippen LogP contribution is 2.30. The predicted molar refractivity (Wildman–Crippen MR) is 114 cm³/mol. The van der Waals surface area contributed by atoms with E-state index < -0.39 is 5.54 Å². The van der Waals surface area contributed by atoms with Crippen LogP contribution in [0.2, 0.25) is 0 Å². The predicted octanol–water partition coefficient (Wildman–Crippen LogP) is 2.82. The molecule has 2 amide bonds. The van der Waals surface area contributed by atoms with Crippen molar-refractivity contribution in [1.29, 1.82) is 0 Å². The van der Waals surface area contributed by atoms with Crippen molar-refractivity contribution in [3.8, 4) is 0 Å². The van der Waals surface area contributed by atoms with Gasteiger partial charge in [0.2, 0.25) is 5.91 Å². The average molecular weight is 402 g/mol. The molecule has 0 spiro atoms. The first-order valence-corrected chi connectivity index (χ1v) is 11.1. The maximum absolute atomic E-state index is 13.3. The van der Waals surface area contributed by atoms with Gasteiger partial charge in [-0.1, -0.05) is 31.4 Å². The molecule has 29 heavy (non-hydrogen) atoms. The molecular formula is C23H35N3O3. The second kappa shape index (κ2) is 10.2. The van der Waals surface area contributed by atoms with Crippen molar-refractivity contribution in [3.63, 3.8) is 0 Å².